The van der Waals surface area contributed by atoms with E-state index in [-0.39, 0.29) is 16.7 Å². The number of nitrogens with one attached hydrogen (secondary N) is 1. The molecule has 0 unspecified atom stereocenters. The summed E-state index contributed by atoms with van der Waals surface area (Å²) in [4.78, 5) is 16.3. The van der Waals surface area contributed by atoms with Crippen molar-refractivity contribution in [3.63, 3.8) is 0 Å². The third-order valence-electron chi connectivity index (χ3n) is 3.94. The largest absolute Gasteiger partial charge is 0.338 e. The van der Waals surface area contributed by atoms with Crippen LogP contribution in [0, 0.1) is 0 Å². The Hall–Kier alpha value is -2.84. The van der Waals surface area contributed by atoms with Gasteiger partial charge in [0, 0.05) is 17.9 Å². The molecule has 0 spiro atoms. The fourth-order valence-corrected chi connectivity index (χ4v) is 4.47. The molecule has 0 radical (unpaired) electrons. The standard InChI is InChI=1S/C17H13ClN4O3S/c18-16-17(22-9-4-3-7-14(22)19-16)26(24,25)20-15(23)11-21-10-8-12-5-1-2-6-13(12)21/h1-10H,11H2,(H,20,23). The molecule has 0 fully saturated rings. The number of para-hydroxylation sites is 1. The fraction of sp³-hybridized carbons (Fsp3) is 0.0588. The smallest absolute Gasteiger partial charge is 0.283 e. The van der Waals surface area contributed by atoms with Crippen LogP contribution in [0.25, 0.3) is 16.6 Å². The van der Waals surface area contributed by atoms with Crippen LogP contribution in [0.4, 0.5) is 0 Å². The zero-order valence-electron chi connectivity index (χ0n) is 13.3. The van der Waals surface area contributed by atoms with Crippen LogP contribution in [-0.4, -0.2) is 28.3 Å². The van der Waals surface area contributed by atoms with Crippen molar-refractivity contribution in [2.24, 2.45) is 0 Å². The number of aromatic nitrogens is 3. The first-order valence-corrected chi connectivity index (χ1v) is 9.54. The van der Waals surface area contributed by atoms with Crippen molar-refractivity contribution in [2.75, 3.05) is 0 Å². The summed E-state index contributed by atoms with van der Waals surface area (Å²) < 4.78 is 30.3. The topological polar surface area (TPSA) is 85.5 Å². The second kappa shape index (κ2) is 6.15. The van der Waals surface area contributed by atoms with E-state index in [0.717, 1.165) is 10.9 Å². The van der Waals surface area contributed by atoms with Gasteiger partial charge in [-0.3, -0.25) is 9.20 Å². The predicted molar refractivity (Wildman–Crippen MR) is 97.5 cm³/mol. The first-order chi connectivity index (χ1) is 12.5. The van der Waals surface area contributed by atoms with Gasteiger partial charge in [-0.2, -0.15) is 8.42 Å². The minimum Gasteiger partial charge on any atom is -0.338 e. The number of pyridine rings is 1. The third-order valence-corrected chi connectivity index (χ3v) is 5.71. The van der Waals surface area contributed by atoms with E-state index in [9.17, 15) is 13.2 Å². The Balaban J connectivity index is 1.63. The maximum atomic E-state index is 12.6. The lowest BCUT2D eigenvalue weighted by Crippen LogP contribution is -2.34. The number of imidazole rings is 1. The Morgan fingerprint density at radius 1 is 1.08 bits per heavy atom. The van der Waals surface area contributed by atoms with Gasteiger partial charge in [-0.1, -0.05) is 35.9 Å². The van der Waals surface area contributed by atoms with E-state index >= 15 is 0 Å². The Morgan fingerprint density at radius 2 is 1.85 bits per heavy atom. The van der Waals surface area contributed by atoms with Crippen LogP contribution >= 0.6 is 11.6 Å². The summed E-state index contributed by atoms with van der Waals surface area (Å²) in [6, 6.07) is 14.4. The Kier molecular flexibility index (Phi) is 3.93. The second-order valence-electron chi connectivity index (χ2n) is 5.67. The monoisotopic (exact) mass is 388 g/mol. The van der Waals surface area contributed by atoms with Gasteiger partial charge in [0.1, 0.15) is 12.2 Å². The highest BCUT2D eigenvalue weighted by Gasteiger charge is 2.26. The van der Waals surface area contributed by atoms with Gasteiger partial charge in [0.25, 0.3) is 15.9 Å². The molecule has 4 aromatic rings. The van der Waals surface area contributed by atoms with Crippen molar-refractivity contribution in [3.8, 4) is 0 Å². The van der Waals surface area contributed by atoms with Crippen LogP contribution in [0.5, 0.6) is 0 Å². The molecule has 0 saturated heterocycles. The van der Waals surface area contributed by atoms with E-state index in [0.29, 0.717) is 5.65 Å². The molecule has 26 heavy (non-hydrogen) atoms. The highest BCUT2D eigenvalue weighted by atomic mass is 35.5. The lowest BCUT2D eigenvalue weighted by molar-refractivity contribution is -0.119. The number of benzene rings is 1. The second-order valence-corrected chi connectivity index (χ2v) is 7.62. The normalized spacial score (nSPS) is 11.9. The zero-order chi connectivity index (χ0) is 18.3. The van der Waals surface area contributed by atoms with Crippen molar-refractivity contribution < 1.29 is 13.2 Å². The molecule has 132 valence electrons. The molecule has 1 N–H and O–H groups in total. The van der Waals surface area contributed by atoms with Crippen molar-refractivity contribution >= 4 is 44.1 Å². The number of carbonyl (C=O) groups excluding carboxylic acids is 1. The van der Waals surface area contributed by atoms with Crippen LogP contribution in [0.3, 0.4) is 0 Å². The van der Waals surface area contributed by atoms with E-state index in [2.05, 4.69) is 9.71 Å². The molecule has 1 aromatic carbocycles. The van der Waals surface area contributed by atoms with Crippen molar-refractivity contribution in [2.45, 2.75) is 11.6 Å². The minimum atomic E-state index is -4.17. The van der Waals surface area contributed by atoms with Crippen molar-refractivity contribution in [3.05, 3.63) is 66.1 Å². The Labute approximate surface area is 153 Å². The van der Waals surface area contributed by atoms with Crippen molar-refractivity contribution in [1.82, 2.24) is 18.7 Å². The molecular formula is C17H13ClN4O3S. The van der Waals surface area contributed by atoms with Gasteiger partial charge in [-0.05, 0) is 29.7 Å². The molecule has 0 bridgehead atoms. The first-order valence-electron chi connectivity index (χ1n) is 7.68. The molecule has 4 rings (SSSR count). The zero-order valence-corrected chi connectivity index (χ0v) is 14.9. The maximum Gasteiger partial charge on any atom is 0.283 e. The lowest BCUT2D eigenvalue weighted by atomic mass is 10.2. The highest BCUT2D eigenvalue weighted by Crippen LogP contribution is 2.22. The molecular weight excluding hydrogens is 376 g/mol. The van der Waals surface area contributed by atoms with Gasteiger partial charge in [0.05, 0.1) is 0 Å². The maximum absolute atomic E-state index is 12.6. The molecule has 9 heteroatoms. The predicted octanol–water partition coefficient (Wildman–Crippen LogP) is 2.45. The summed E-state index contributed by atoms with van der Waals surface area (Å²) in [7, 11) is -4.17. The van der Waals surface area contributed by atoms with Crippen LogP contribution in [0.2, 0.25) is 5.15 Å². The number of hydrogen-bond donors (Lipinski definition) is 1. The van der Waals surface area contributed by atoms with E-state index in [1.165, 1.54) is 10.6 Å². The minimum absolute atomic E-state index is 0.138. The van der Waals surface area contributed by atoms with E-state index < -0.39 is 15.9 Å². The molecule has 3 aromatic heterocycles. The van der Waals surface area contributed by atoms with Crippen molar-refractivity contribution in [1.29, 1.82) is 0 Å². The number of hydrogen-bond acceptors (Lipinski definition) is 4. The first kappa shape index (κ1) is 16.6. The number of rotatable bonds is 4. The summed E-state index contributed by atoms with van der Waals surface area (Å²) in [5, 5.41) is 0.511. The summed E-state index contributed by atoms with van der Waals surface area (Å²) in [6.07, 6.45) is 3.25. The van der Waals surface area contributed by atoms with Gasteiger partial charge < -0.3 is 4.57 Å². The Bertz CT molecular complexity index is 1240. The molecule has 7 nitrogen and oxygen atoms in total. The Morgan fingerprint density at radius 3 is 2.69 bits per heavy atom. The van der Waals surface area contributed by atoms with Crippen LogP contribution in [0.15, 0.2) is 66.0 Å². The lowest BCUT2D eigenvalue weighted by Gasteiger charge is -2.08. The van der Waals surface area contributed by atoms with E-state index in [4.69, 9.17) is 11.6 Å². The summed E-state index contributed by atoms with van der Waals surface area (Å²) in [6.45, 7) is -0.138. The average molecular weight is 389 g/mol. The highest BCUT2D eigenvalue weighted by molar-refractivity contribution is 7.90. The number of carbonyl (C=O) groups is 1. The number of sulfonamides is 1. The number of fused-ring (bicyclic) bond motifs is 2. The molecule has 0 aliphatic heterocycles. The molecule has 1 amide bonds. The molecule has 0 atom stereocenters. The number of halogens is 1. The van der Waals surface area contributed by atoms with Crippen LogP contribution in [-0.2, 0) is 21.4 Å². The summed E-state index contributed by atoms with van der Waals surface area (Å²) in [5.41, 5.74) is 1.22. The van der Waals surface area contributed by atoms with Crippen LogP contribution in [0.1, 0.15) is 0 Å². The SMILES string of the molecule is O=C(Cn1ccc2ccccc21)NS(=O)(=O)c1c(Cl)nc2ccccn12. The van der Waals surface area contributed by atoms with E-state index in [1.807, 2.05) is 30.3 Å². The average Bonchev–Trinajstić information content (AvgIpc) is 3.15. The van der Waals surface area contributed by atoms with E-state index in [1.54, 1.807) is 29.0 Å². The van der Waals surface area contributed by atoms with Gasteiger partial charge >= 0.3 is 0 Å². The number of amides is 1. The van der Waals surface area contributed by atoms with Crippen LogP contribution < -0.4 is 4.72 Å². The summed E-state index contributed by atoms with van der Waals surface area (Å²) >= 11 is 5.99. The van der Waals surface area contributed by atoms with Gasteiger partial charge in [-0.15, -0.1) is 0 Å². The van der Waals surface area contributed by atoms with Gasteiger partial charge in [-0.25, -0.2) is 9.71 Å². The van der Waals surface area contributed by atoms with Gasteiger partial charge in [0.15, 0.2) is 10.2 Å². The fourth-order valence-electron chi connectivity index (χ4n) is 2.85. The third kappa shape index (κ3) is 2.83. The molecule has 0 aliphatic carbocycles. The quantitative estimate of drug-likeness (QED) is 0.582. The molecule has 0 saturated carbocycles. The molecule has 3 heterocycles. The number of nitrogens with zero attached hydrogens (tertiary/aromatic N) is 3. The van der Waals surface area contributed by atoms with Gasteiger partial charge in [0.2, 0.25) is 0 Å². The molecule has 0 aliphatic rings. The summed E-state index contributed by atoms with van der Waals surface area (Å²) in [5.74, 6) is -0.673.